The van der Waals surface area contributed by atoms with E-state index >= 15 is 0 Å². The molecule has 0 bridgehead atoms. The molecule has 1 aliphatic rings. The van der Waals surface area contributed by atoms with Gasteiger partial charge < -0.3 is 9.55 Å². The third-order valence-corrected chi connectivity index (χ3v) is 6.18. The highest BCUT2D eigenvalue weighted by Gasteiger charge is 2.21. The SMILES string of the molecule is CCS(=O)(=O)NC1CCC1.CCn1c(-c2cnc(C)nc2)nc2c(=O)[nH]cnc21.[HH]. The Balaban J connectivity index is 0.000000249. The molecule has 0 unspecified atom stereocenters. The van der Waals surface area contributed by atoms with E-state index in [0.29, 0.717) is 29.4 Å². The number of aromatic nitrogens is 6. The predicted octanol–water partition coefficient (Wildman–Crippen LogP) is 1.63. The molecular formula is C18H27N7O3S. The Morgan fingerprint density at radius 2 is 1.93 bits per heavy atom. The molecule has 0 aliphatic heterocycles. The molecular weight excluding hydrogens is 394 g/mol. The molecule has 0 atom stereocenters. The van der Waals surface area contributed by atoms with Gasteiger partial charge in [0.15, 0.2) is 11.2 Å². The first-order valence-corrected chi connectivity index (χ1v) is 11.2. The second-order valence-corrected chi connectivity index (χ2v) is 8.79. The first kappa shape index (κ1) is 21.1. The highest BCUT2D eigenvalue weighted by molar-refractivity contribution is 7.89. The zero-order chi connectivity index (χ0) is 21.0. The molecule has 0 saturated heterocycles. The van der Waals surface area contributed by atoms with Crippen LogP contribution in [0.4, 0.5) is 0 Å². The van der Waals surface area contributed by atoms with E-state index in [9.17, 15) is 13.2 Å². The van der Waals surface area contributed by atoms with Gasteiger partial charge in [-0.05, 0) is 33.6 Å². The van der Waals surface area contributed by atoms with Crippen LogP contribution in [0.1, 0.15) is 40.4 Å². The minimum Gasteiger partial charge on any atom is -0.311 e. The molecule has 0 amide bonds. The lowest BCUT2D eigenvalue weighted by Crippen LogP contribution is -2.40. The lowest BCUT2D eigenvalue weighted by atomic mass is 9.94. The molecule has 0 radical (unpaired) electrons. The monoisotopic (exact) mass is 421 g/mol. The van der Waals surface area contributed by atoms with Crippen molar-refractivity contribution in [1.29, 1.82) is 0 Å². The van der Waals surface area contributed by atoms with Crippen LogP contribution in [-0.4, -0.2) is 49.7 Å². The summed E-state index contributed by atoms with van der Waals surface area (Å²) in [5.41, 5.74) is 1.43. The van der Waals surface area contributed by atoms with Crippen molar-refractivity contribution < 1.29 is 9.84 Å². The van der Waals surface area contributed by atoms with Gasteiger partial charge >= 0.3 is 0 Å². The van der Waals surface area contributed by atoms with Gasteiger partial charge in [-0.2, -0.15) is 0 Å². The van der Waals surface area contributed by atoms with Crippen molar-refractivity contribution in [2.24, 2.45) is 0 Å². The number of fused-ring (bicyclic) bond motifs is 1. The Morgan fingerprint density at radius 3 is 2.48 bits per heavy atom. The van der Waals surface area contributed by atoms with E-state index in [4.69, 9.17) is 0 Å². The van der Waals surface area contributed by atoms with E-state index in [0.717, 1.165) is 24.8 Å². The summed E-state index contributed by atoms with van der Waals surface area (Å²) in [7, 11) is -2.93. The lowest BCUT2D eigenvalue weighted by Gasteiger charge is -2.25. The number of hydrogen-bond donors (Lipinski definition) is 2. The molecule has 2 N–H and O–H groups in total. The Labute approximate surface area is 170 Å². The van der Waals surface area contributed by atoms with Crippen LogP contribution >= 0.6 is 0 Å². The summed E-state index contributed by atoms with van der Waals surface area (Å²) in [5.74, 6) is 1.55. The van der Waals surface area contributed by atoms with Gasteiger partial charge in [0, 0.05) is 26.4 Å². The van der Waals surface area contributed by atoms with E-state index in [1.165, 1.54) is 6.33 Å². The first-order valence-electron chi connectivity index (χ1n) is 9.57. The van der Waals surface area contributed by atoms with Crippen molar-refractivity contribution in [1.82, 2.24) is 34.2 Å². The Bertz CT molecular complexity index is 1140. The average Bonchev–Trinajstić information content (AvgIpc) is 3.06. The Hall–Kier alpha value is -2.66. The molecule has 1 fully saturated rings. The van der Waals surface area contributed by atoms with Crippen molar-refractivity contribution in [3.8, 4) is 11.4 Å². The third kappa shape index (κ3) is 4.85. The molecule has 1 aliphatic carbocycles. The number of nitrogens with zero attached hydrogens (tertiary/aromatic N) is 5. The smallest absolute Gasteiger partial charge is 0.278 e. The summed E-state index contributed by atoms with van der Waals surface area (Å²) in [5, 5.41) is 0. The molecule has 3 aromatic heterocycles. The van der Waals surface area contributed by atoms with E-state index in [2.05, 4.69) is 29.6 Å². The normalized spacial score (nSPS) is 14.3. The van der Waals surface area contributed by atoms with Crippen molar-refractivity contribution >= 4 is 21.2 Å². The zero-order valence-electron chi connectivity index (χ0n) is 16.7. The quantitative estimate of drug-likeness (QED) is 0.639. The predicted molar refractivity (Wildman–Crippen MR) is 112 cm³/mol. The molecule has 0 spiro atoms. The molecule has 4 rings (SSSR count). The Morgan fingerprint density at radius 1 is 1.24 bits per heavy atom. The van der Waals surface area contributed by atoms with Crippen molar-refractivity contribution in [2.75, 3.05) is 5.75 Å². The molecule has 29 heavy (non-hydrogen) atoms. The topological polar surface area (TPSA) is 136 Å². The number of aromatic amines is 1. The van der Waals surface area contributed by atoms with Crippen LogP contribution in [-0.2, 0) is 16.6 Å². The highest BCUT2D eigenvalue weighted by atomic mass is 32.2. The van der Waals surface area contributed by atoms with Gasteiger partial charge in [-0.3, -0.25) is 4.79 Å². The van der Waals surface area contributed by atoms with Gasteiger partial charge in [-0.15, -0.1) is 0 Å². The van der Waals surface area contributed by atoms with E-state index < -0.39 is 10.0 Å². The molecule has 1 saturated carbocycles. The lowest BCUT2D eigenvalue weighted by molar-refractivity contribution is 0.384. The fourth-order valence-corrected chi connectivity index (χ4v) is 3.75. The maximum absolute atomic E-state index is 11.7. The number of H-pyrrole nitrogens is 1. The fraction of sp³-hybridized carbons (Fsp3) is 0.500. The number of hydrogen-bond acceptors (Lipinski definition) is 7. The van der Waals surface area contributed by atoms with Crippen LogP contribution < -0.4 is 10.3 Å². The molecule has 3 heterocycles. The van der Waals surface area contributed by atoms with E-state index in [1.807, 2.05) is 18.4 Å². The van der Waals surface area contributed by atoms with Crippen LogP contribution in [0, 0.1) is 6.92 Å². The zero-order valence-corrected chi connectivity index (χ0v) is 17.5. The summed E-state index contributed by atoms with van der Waals surface area (Å²) < 4.78 is 26.3. The average molecular weight is 422 g/mol. The summed E-state index contributed by atoms with van der Waals surface area (Å²) in [6, 6.07) is 0.241. The molecule has 10 nitrogen and oxygen atoms in total. The second kappa shape index (κ2) is 8.78. The third-order valence-electron chi connectivity index (χ3n) is 4.73. The largest absolute Gasteiger partial charge is 0.311 e. The fourth-order valence-electron chi connectivity index (χ4n) is 2.84. The second-order valence-electron chi connectivity index (χ2n) is 6.75. The van der Waals surface area contributed by atoms with E-state index in [-0.39, 0.29) is 18.8 Å². The first-order chi connectivity index (χ1) is 13.8. The van der Waals surface area contributed by atoms with Crippen LogP contribution in [0.25, 0.3) is 22.6 Å². The summed E-state index contributed by atoms with van der Waals surface area (Å²) in [6.07, 6.45) is 7.97. The number of sulfonamides is 1. The van der Waals surface area contributed by atoms with Gasteiger partial charge in [-0.25, -0.2) is 33.1 Å². The molecule has 0 aromatic carbocycles. The number of nitrogens with one attached hydrogen (secondary N) is 2. The van der Waals surface area contributed by atoms with Crippen molar-refractivity contribution in [2.45, 2.75) is 52.6 Å². The van der Waals surface area contributed by atoms with Gasteiger partial charge in [0.05, 0.1) is 17.6 Å². The maximum atomic E-state index is 11.7. The summed E-state index contributed by atoms with van der Waals surface area (Å²) in [4.78, 5) is 31.1. The van der Waals surface area contributed by atoms with Crippen molar-refractivity contribution in [3.05, 3.63) is 34.9 Å². The van der Waals surface area contributed by atoms with Gasteiger partial charge in [0.2, 0.25) is 10.0 Å². The van der Waals surface area contributed by atoms with Crippen LogP contribution in [0.3, 0.4) is 0 Å². The number of rotatable bonds is 5. The standard InChI is InChI=1S/C12H12N6O.C6H13NO2S.H2/c1-3-18-10(8-4-13-7(2)14-5-8)17-9-11(18)15-6-16-12(9)19;1-2-10(8,9)7-6-4-3-5-6;/h4-6H,3H2,1-2H3,(H,15,16,19);6-7H,2-5H2,1H3;1H. The maximum Gasteiger partial charge on any atom is 0.278 e. The van der Waals surface area contributed by atoms with Crippen molar-refractivity contribution in [3.63, 3.8) is 0 Å². The number of aryl methyl sites for hydroxylation is 2. The van der Waals surface area contributed by atoms with Crippen LogP contribution in [0.15, 0.2) is 23.5 Å². The minimum absolute atomic E-state index is 0. The van der Waals surface area contributed by atoms with E-state index in [1.54, 1.807) is 19.3 Å². The van der Waals surface area contributed by atoms with Crippen LogP contribution in [0.2, 0.25) is 0 Å². The highest BCUT2D eigenvalue weighted by Crippen LogP contribution is 2.20. The molecule has 11 heteroatoms. The molecule has 158 valence electrons. The minimum atomic E-state index is -2.93. The van der Waals surface area contributed by atoms with Crippen LogP contribution in [0.5, 0.6) is 0 Å². The number of imidazole rings is 1. The summed E-state index contributed by atoms with van der Waals surface area (Å²) in [6.45, 7) is 6.11. The molecule has 3 aromatic rings. The van der Waals surface area contributed by atoms with Gasteiger partial charge in [0.1, 0.15) is 11.6 Å². The van der Waals surface area contributed by atoms with Gasteiger partial charge in [-0.1, -0.05) is 6.42 Å². The summed E-state index contributed by atoms with van der Waals surface area (Å²) >= 11 is 0. The van der Waals surface area contributed by atoms with Gasteiger partial charge in [0.25, 0.3) is 5.56 Å². The Kier molecular flexibility index (Phi) is 6.38.